The SMILES string of the molecule is CC(=O)CCCCCOc1ccc(-c2cnc(-c3cc[n+](CCCCCC(C)=O)cc3)o2)cc1. The van der Waals surface area contributed by atoms with E-state index in [1.54, 1.807) is 20.0 Å². The molecule has 0 saturated carbocycles. The Bertz CT molecular complexity index is 1040. The van der Waals surface area contributed by atoms with E-state index in [-0.39, 0.29) is 11.6 Å². The lowest BCUT2D eigenvalue weighted by Gasteiger charge is -2.06. The van der Waals surface area contributed by atoms with Crippen molar-refractivity contribution in [2.24, 2.45) is 0 Å². The van der Waals surface area contributed by atoms with Crippen LogP contribution in [0.2, 0.25) is 0 Å². The summed E-state index contributed by atoms with van der Waals surface area (Å²) in [7, 11) is 0. The Morgan fingerprint density at radius 3 is 2.12 bits per heavy atom. The molecule has 0 unspecified atom stereocenters. The zero-order valence-corrected chi connectivity index (χ0v) is 20.3. The van der Waals surface area contributed by atoms with Crippen LogP contribution in [0.5, 0.6) is 5.75 Å². The lowest BCUT2D eigenvalue weighted by atomic mass is 10.1. The molecule has 3 rings (SSSR count). The van der Waals surface area contributed by atoms with E-state index in [9.17, 15) is 9.59 Å². The van der Waals surface area contributed by atoms with E-state index >= 15 is 0 Å². The molecule has 2 heterocycles. The second-order valence-electron chi connectivity index (χ2n) is 8.75. The molecule has 1 aromatic carbocycles. The van der Waals surface area contributed by atoms with Crippen molar-refractivity contribution in [2.75, 3.05) is 6.61 Å². The smallest absolute Gasteiger partial charge is 0.227 e. The third-order valence-corrected chi connectivity index (χ3v) is 5.67. The summed E-state index contributed by atoms with van der Waals surface area (Å²) in [5.74, 6) is 2.64. The van der Waals surface area contributed by atoms with Crippen LogP contribution in [0.15, 0.2) is 59.4 Å². The summed E-state index contributed by atoms with van der Waals surface area (Å²) in [4.78, 5) is 26.4. The van der Waals surface area contributed by atoms with E-state index in [1.165, 1.54) is 0 Å². The molecule has 6 heteroatoms. The summed E-state index contributed by atoms with van der Waals surface area (Å²) < 4.78 is 13.9. The summed E-state index contributed by atoms with van der Waals surface area (Å²) in [5, 5.41) is 0. The van der Waals surface area contributed by atoms with Crippen LogP contribution >= 0.6 is 0 Å². The molecule has 0 spiro atoms. The van der Waals surface area contributed by atoms with E-state index in [1.807, 2.05) is 48.8 Å². The standard InChI is InChI=1S/C28H35N2O4/c1-22(31)9-5-3-7-17-30-18-15-25(16-19-30)28-29-21-27(34-28)24-11-13-26(14-12-24)33-20-8-4-6-10-23(2)32/h11-16,18-19,21H,3-10,17,20H2,1-2H3/q+1. The highest BCUT2D eigenvalue weighted by Gasteiger charge is 2.11. The van der Waals surface area contributed by atoms with Gasteiger partial charge in [0.1, 0.15) is 23.9 Å². The van der Waals surface area contributed by atoms with Gasteiger partial charge in [0, 0.05) is 42.5 Å². The van der Waals surface area contributed by atoms with Crippen LogP contribution in [0.25, 0.3) is 22.8 Å². The number of hydrogen-bond donors (Lipinski definition) is 0. The van der Waals surface area contributed by atoms with Gasteiger partial charge in [0.15, 0.2) is 18.2 Å². The summed E-state index contributed by atoms with van der Waals surface area (Å²) in [5.41, 5.74) is 1.88. The molecule has 0 aliphatic carbocycles. The fourth-order valence-corrected chi connectivity index (χ4v) is 3.69. The maximum atomic E-state index is 11.0. The fourth-order valence-electron chi connectivity index (χ4n) is 3.69. The van der Waals surface area contributed by atoms with Gasteiger partial charge in [-0.3, -0.25) is 0 Å². The molecule has 0 radical (unpaired) electrons. The van der Waals surface area contributed by atoms with Crippen LogP contribution in [0.1, 0.15) is 65.2 Å². The highest BCUT2D eigenvalue weighted by molar-refractivity contribution is 5.75. The Hall–Kier alpha value is -3.28. The van der Waals surface area contributed by atoms with Gasteiger partial charge in [-0.15, -0.1) is 0 Å². The molecule has 0 atom stereocenters. The Kier molecular flexibility index (Phi) is 10.0. The number of oxazole rings is 1. The molecule has 0 fully saturated rings. The summed E-state index contributed by atoms with van der Waals surface area (Å²) in [6.45, 7) is 4.86. The van der Waals surface area contributed by atoms with E-state index in [4.69, 9.17) is 9.15 Å². The zero-order chi connectivity index (χ0) is 24.2. The molecular formula is C28H35N2O4+. The number of benzene rings is 1. The topological polar surface area (TPSA) is 73.3 Å². The largest absolute Gasteiger partial charge is 0.494 e. The van der Waals surface area contributed by atoms with Gasteiger partial charge < -0.3 is 18.7 Å². The van der Waals surface area contributed by atoms with Crippen LogP contribution in [-0.4, -0.2) is 23.2 Å². The number of aromatic nitrogens is 2. The number of unbranched alkanes of at least 4 members (excludes halogenated alkanes) is 4. The van der Waals surface area contributed by atoms with E-state index < -0.39 is 0 Å². The normalized spacial score (nSPS) is 10.9. The predicted molar refractivity (Wildman–Crippen MR) is 131 cm³/mol. The summed E-state index contributed by atoms with van der Waals surface area (Å²) in [6.07, 6.45) is 13.1. The lowest BCUT2D eigenvalue weighted by molar-refractivity contribution is -0.697. The van der Waals surface area contributed by atoms with Crippen molar-refractivity contribution in [1.29, 1.82) is 0 Å². The highest BCUT2D eigenvalue weighted by Crippen LogP contribution is 2.27. The number of pyridine rings is 1. The zero-order valence-electron chi connectivity index (χ0n) is 20.3. The molecule has 0 amide bonds. The molecule has 180 valence electrons. The van der Waals surface area contributed by atoms with Gasteiger partial charge in [-0.2, -0.15) is 0 Å². The number of nitrogens with zero attached hydrogens (tertiary/aromatic N) is 2. The highest BCUT2D eigenvalue weighted by atomic mass is 16.5. The second kappa shape index (κ2) is 13.4. The molecule has 0 bridgehead atoms. The minimum absolute atomic E-state index is 0.247. The number of ether oxygens (including phenoxy) is 1. The molecular weight excluding hydrogens is 428 g/mol. The molecule has 0 N–H and O–H groups in total. The van der Waals surface area contributed by atoms with Gasteiger partial charge in [0.05, 0.1) is 12.8 Å². The Morgan fingerprint density at radius 2 is 1.47 bits per heavy atom. The van der Waals surface area contributed by atoms with Gasteiger partial charge in [0.25, 0.3) is 0 Å². The van der Waals surface area contributed by atoms with Gasteiger partial charge in [0.2, 0.25) is 5.89 Å². The van der Waals surface area contributed by atoms with Crippen LogP contribution in [-0.2, 0) is 16.1 Å². The fraction of sp³-hybridized carbons (Fsp3) is 0.429. The Labute approximate surface area is 202 Å². The van der Waals surface area contributed by atoms with Gasteiger partial charge >= 0.3 is 0 Å². The number of aryl methyl sites for hydroxylation is 1. The summed E-state index contributed by atoms with van der Waals surface area (Å²) in [6, 6.07) is 11.8. The first kappa shape index (κ1) is 25.3. The third kappa shape index (κ3) is 8.58. The first-order valence-corrected chi connectivity index (χ1v) is 12.2. The number of rotatable bonds is 15. The van der Waals surface area contributed by atoms with Crippen molar-refractivity contribution in [3.8, 4) is 28.5 Å². The number of ketones is 2. The van der Waals surface area contributed by atoms with Crippen molar-refractivity contribution < 1.29 is 23.3 Å². The van der Waals surface area contributed by atoms with Gasteiger partial charge in [-0.05, 0) is 70.2 Å². The monoisotopic (exact) mass is 463 g/mol. The van der Waals surface area contributed by atoms with Gasteiger partial charge in [-0.1, -0.05) is 0 Å². The van der Waals surface area contributed by atoms with Crippen LogP contribution in [0.4, 0.5) is 0 Å². The van der Waals surface area contributed by atoms with Crippen molar-refractivity contribution in [1.82, 2.24) is 4.98 Å². The van der Waals surface area contributed by atoms with E-state index in [0.29, 0.717) is 31.1 Å². The van der Waals surface area contributed by atoms with Gasteiger partial charge in [-0.25, -0.2) is 9.55 Å². The maximum absolute atomic E-state index is 11.0. The first-order valence-electron chi connectivity index (χ1n) is 12.2. The van der Waals surface area contributed by atoms with Crippen molar-refractivity contribution in [2.45, 2.75) is 71.8 Å². The molecule has 2 aromatic heterocycles. The first-order chi connectivity index (χ1) is 16.5. The average molecular weight is 464 g/mol. The minimum atomic E-state index is 0.247. The Balaban J connectivity index is 1.46. The van der Waals surface area contributed by atoms with Crippen molar-refractivity contribution in [3.05, 3.63) is 55.0 Å². The number of hydrogen-bond acceptors (Lipinski definition) is 5. The van der Waals surface area contributed by atoms with E-state index in [0.717, 1.165) is 61.9 Å². The Morgan fingerprint density at radius 1 is 0.824 bits per heavy atom. The molecule has 6 nitrogen and oxygen atoms in total. The predicted octanol–water partition coefficient (Wildman–Crippen LogP) is 5.97. The minimum Gasteiger partial charge on any atom is -0.494 e. The van der Waals surface area contributed by atoms with Crippen LogP contribution in [0, 0.1) is 0 Å². The molecule has 34 heavy (non-hydrogen) atoms. The summed E-state index contributed by atoms with van der Waals surface area (Å²) >= 11 is 0. The molecule has 3 aromatic rings. The number of carbonyl (C=O) groups excluding carboxylic acids is 2. The van der Waals surface area contributed by atoms with Crippen molar-refractivity contribution in [3.63, 3.8) is 0 Å². The van der Waals surface area contributed by atoms with E-state index in [2.05, 4.69) is 9.55 Å². The third-order valence-electron chi connectivity index (χ3n) is 5.67. The van der Waals surface area contributed by atoms with Crippen molar-refractivity contribution >= 4 is 11.6 Å². The van der Waals surface area contributed by atoms with Crippen LogP contribution < -0.4 is 9.30 Å². The number of carbonyl (C=O) groups is 2. The van der Waals surface area contributed by atoms with Crippen LogP contribution in [0.3, 0.4) is 0 Å². The lowest BCUT2D eigenvalue weighted by Crippen LogP contribution is -2.32. The quantitative estimate of drug-likeness (QED) is 0.205. The molecule has 0 aliphatic heterocycles. The number of Topliss-reactive ketones (excluding diaryl/α,β-unsaturated/α-hetero) is 2. The molecule has 0 aliphatic rings. The average Bonchev–Trinajstić information content (AvgIpc) is 3.32. The second-order valence-corrected chi connectivity index (χ2v) is 8.75. The maximum Gasteiger partial charge on any atom is 0.227 e. The molecule has 0 saturated heterocycles.